The second-order valence-electron chi connectivity index (χ2n) is 5.58. The third-order valence-electron chi connectivity index (χ3n) is 4.29. The van der Waals surface area contributed by atoms with E-state index in [9.17, 15) is 8.78 Å². The summed E-state index contributed by atoms with van der Waals surface area (Å²) in [6, 6.07) is 0. The highest BCUT2D eigenvalue weighted by Gasteiger charge is 2.43. The van der Waals surface area contributed by atoms with Gasteiger partial charge in [0.05, 0.1) is 6.54 Å². The van der Waals surface area contributed by atoms with E-state index in [4.69, 9.17) is 0 Å². The third kappa shape index (κ3) is 3.38. The van der Waals surface area contributed by atoms with Gasteiger partial charge in [-0.15, -0.1) is 0 Å². The van der Waals surface area contributed by atoms with Crippen LogP contribution in [0.4, 0.5) is 8.78 Å². The fraction of sp³-hybridized carbons (Fsp3) is 1.00. The molecule has 0 amide bonds. The normalized spacial score (nSPS) is 31.6. The van der Waals surface area contributed by atoms with Gasteiger partial charge < -0.3 is 5.32 Å². The topological polar surface area (TPSA) is 15.3 Å². The lowest BCUT2D eigenvalue weighted by atomic mass is 9.89. The van der Waals surface area contributed by atoms with Gasteiger partial charge in [0.1, 0.15) is 0 Å². The molecule has 1 unspecified atom stereocenters. The standard InChI is InChI=1S/C13H24F2N2/c1-2-12-5-8-17(10-13(12,14)15)9-11-3-6-16-7-4-11/h11-12,16H,2-10H2,1H3. The summed E-state index contributed by atoms with van der Waals surface area (Å²) in [5, 5.41) is 3.32. The van der Waals surface area contributed by atoms with Crippen LogP contribution in [0.5, 0.6) is 0 Å². The largest absolute Gasteiger partial charge is 0.317 e. The molecule has 100 valence electrons. The van der Waals surface area contributed by atoms with E-state index in [0.717, 1.165) is 39.0 Å². The minimum absolute atomic E-state index is 0.0184. The van der Waals surface area contributed by atoms with Crippen molar-refractivity contribution >= 4 is 0 Å². The number of hydrogen-bond acceptors (Lipinski definition) is 2. The highest BCUT2D eigenvalue weighted by atomic mass is 19.3. The number of likely N-dealkylation sites (tertiary alicyclic amines) is 1. The van der Waals surface area contributed by atoms with Crippen LogP contribution in [0.1, 0.15) is 32.6 Å². The van der Waals surface area contributed by atoms with Gasteiger partial charge in [-0.2, -0.15) is 0 Å². The minimum Gasteiger partial charge on any atom is -0.317 e. The molecule has 2 aliphatic heterocycles. The molecule has 2 aliphatic rings. The maximum atomic E-state index is 13.8. The molecule has 0 aromatic rings. The van der Waals surface area contributed by atoms with Gasteiger partial charge >= 0.3 is 0 Å². The van der Waals surface area contributed by atoms with Crippen LogP contribution >= 0.6 is 0 Å². The zero-order valence-corrected chi connectivity index (χ0v) is 10.7. The van der Waals surface area contributed by atoms with Crippen LogP contribution < -0.4 is 5.32 Å². The summed E-state index contributed by atoms with van der Waals surface area (Å²) < 4.78 is 27.6. The quantitative estimate of drug-likeness (QED) is 0.822. The van der Waals surface area contributed by atoms with Gasteiger partial charge in [-0.05, 0) is 51.2 Å². The average molecular weight is 246 g/mol. The predicted octanol–water partition coefficient (Wildman–Crippen LogP) is 2.35. The van der Waals surface area contributed by atoms with Gasteiger partial charge in [-0.3, -0.25) is 4.90 Å². The van der Waals surface area contributed by atoms with Crippen LogP contribution in [0.2, 0.25) is 0 Å². The molecule has 0 saturated carbocycles. The number of alkyl halides is 2. The molecule has 0 bridgehead atoms. The van der Waals surface area contributed by atoms with E-state index in [-0.39, 0.29) is 6.54 Å². The summed E-state index contributed by atoms with van der Waals surface area (Å²) in [5.74, 6) is -2.25. The van der Waals surface area contributed by atoms with Crippen LogP contribution in [-0.2, 0) is 0 Å². The minimum atomic E-state index is -2.47. The van der Waals surface area contributed by atoms with E-state index in [1.165, 1.54) is 0 Å². The van der Waals surface area contributed by atoms with Crippen molar-refractivity contribution in [3.8, 4) is 0 Å². The molecule has 4 heteroatoms. The van der Waals surface area contributed by atoms with E-state index < -0.39 is 11.8 Å². The van der Waals surface area contributed by atoms with E-state index >= 15 is 0 Å². The fourth-order valence-electron chi connectivity index (χ4n) is 3.14. The van der Waals surface area contributed by atoms with Crippen molar-refractivity contribution in [3.05, 3.63) is 0 Å². The van der Waals surface area contributed by atoms with Gasteiger partial charge in [0.2, 0.25) is 0 Å². The number of rotatable bonds is 3. The zero-order chi connectivity index (χ0) is 12.3. The van der Waals surface area contributed by atoms with Gasteiger partial charge in [-0.1, -0.05) is 6.92 Å². The second-order valence-corrected chi connectivity index (χ2v) is 5.58. The number of nitrogens with one attached hydrogen (secondary N) is 1. The molecule has 0 spiro atoms. The molecular weight excluding hydrogens is 222 g/mol. The molecule has 2 saturated heterocycles. The van der Waals surface area contributed by atoms with Crippen LogP contribution in [0, 0.1) is 11.8 Å². The molecule has 2 nitrogen and oxygen atoms in total. The van der Waals surface area contributed by atoms with Crippen LogP contribution in [0.3, 0.4) is 0 Å². The Morgan fingerprint density at radius 1 is 1.24 bits per heavy atom. The molecule has 0 aliphatic carbocycles. The number of nitrogens with zero attached hydrogens (tertiary/aromatic N) is 1. The van der Waals surface area contributed by atoms with Crippen molar-refractivity contribution in [2.45, 2.75) is 38.5 Å². The first-order chi connectivity index (χ1) is 8.12. The Balaban J connectivity index is 1.82. The Kier molecular flexibility index (Phi) is 4.36. The highest BCUT2D eigenvalue weighted by molar-refractivity contribution is 4.87. The van der Waals surface area contributed by atoms with Crippen molar-refractivity contribution in [1.29, 1.82) is 0 Å². The van der Waals surface area contributed by atoms with E-state index in [0.29, 0.717) is 18.8 Å². The summed E-state index contributed by atoms with van der Waals surface area (Å²) in [4.78, 5) is 1.99. The molecule has 0 radical (unpaired) electrons. The molecule has 2 fully saturated rings. The molecule has 1 N–H and O–H groups in total. The summed E-state index contributed by atoms with van der Waals surface area (Å²) in [6.45, 7) is 5.68. The number of halogens is 2. The van der Waals surface area contributed by atoms with Crippen LogP contribution in [0.25, 0.3) is 0 Å². The lowest BCUT2D eigenvalue weighted by Gasteiger charge is -2.40. The molecule has 17 heavy (non-hydrogen) atoms. The molecule has 2 heterocycles. The first-order valence-electron chi connectivity index (χ1n) is 6.92. The van der Waals surface area contributed by atoms with Gasteiger partial charge in [0.15, 0.2) is 0 Å². The SMILES string of the molecule is CCC1CCN(CC2CCNCC2)CC1(F)F. The zero-order valence-electron chi connectivity index (χ0n) is 10.7. The van der Waals surface area contributed by atoms with E-state index in [2.05, 4.69) is 5.32 Å². The average Bonchev–Trinajstić information content (AvgIpc) is 2.29. The first kappa shape index (κ1) is 13.2. The fourth-order valence-corrected chi connectivity index (χ4v) is 3.14. The summed E-state index contributed by atoms with van der Waals surface area (Å²) in [6.07, 6.45) is 3.54. The summed E-state index contributed by atoms with van der Waals surface area (Å²) in [7, 11) is 0. The Morgan fingerprint density at radius 2 is 1.94 bits per heavy atom. The third-order valence-corrected chi connectivity index (χ3v) is 4.29. The van der Waals surface area contributed by atoms with Crippen molar-refractivity contribution in [3.63, 3.8) is 0 Å². The molecule has 1 atom stereocenters. The summed E-state index contributed by atoms with van der Waals surface area (Å²) in [5.41, 5.74) is 0. The maximum absolute atomic E-state index is 13.8. The van der Waals surface area contributed by atoms with Crippen LogP contribution in [-0.4, -0.2) is 43.5 Å². The van der Waals surface area contributed by atoms with Crippen molar-refractivity contribution in [2.75, 3.05) is 32.7 Å². The first-order valence-corrected chi connectivity index (χ1v) is 6.92. The van der Waals surface area contributed by atoms with E-state index in [1.54, 1.807) is 0 Å². The lowest BCUT2D eigenvalue weighted by Crippen LogP contribution is -2.50. The van der Waals surface area contributed by atoms with Crippen molar-refractivity contribution < 1.29 is 8.78 Å². The Hall–Kier alpha value is -0.220. The Labute approximate surface area is 103 Å². The monoisotopic (exact) mass is 246 g/mol. The Morgan fingerprint density at radius 3 is 2.53 bits per heavy atom. The van der Waals surface area contributed by atoms with Gasteiger partial charge in [0.25, 0.3) is 5.92 Å². The second kappa shape index (κ2) is 5.61. The Bertz CT molecular complexity index is 240. The summed E-state index contributed by atoms with van der Waals surface area (Å²) >= 11 is 0. The van der Waals surface area contributed by atoms with Crippen molar-refractivity contribution in [1.82, 2.24) is 10.2 Å². The lowest BCUT2D eigenvalue weighted by molar-refractivity contribution is -0.114. The van der Waals surface area contributed by atoms with Crippen LogP contribution in [0.15, 0.2) is 0 Å². The number of hydrogen-bond donors (Lipinski definition) is 1. The molecule has 0 aromatic heterocycles. The number of piperidine rings is 2. The molecule has 0 aromatic carbocycles. The van der Waals surface area contributed by atoms with Gasteiger partial charge in [0, 0.05) is 12.5 Å². The highest BCUT2D eigenvalue weighted by Crippen LogP contribution is 2.35. The molecular formula is C13H24F2N2. The smallest absolute Gasteiger partial charge is 0.263 e. The van der Waals surface area contributed by atoms with E-state index in [1.807, 2.05) is 11.8 Å². The van der Waals surface area contributed by atoms with Crippen molar-refractivity contribution in [2.24, 2.45) is 11.8 Å². The van der Waals surface area contributed by atoms with Gasteiger partial charge in [-0.25, -0.2) is 8.78 Å². The predicted molar refractivity (Wildman–Crippen MR) is 65.4 cm³/mol. The molecule has 2 rings (SSSR count). The maximum Gasteiger partial charge on any atom is 0.263 e.